The first-order valence-electron chi connectivity index (χ1n) is 4.61. The highest BCUT2D eigenvalue weighted by atomic mass is 15.4. The van der Waals surface area contributed by atoms with Gasteiger partial charge in [-0.25, -0.2) is 0 Å². The van der Waals surface area contributed by atoms with E-state index >= 15 is 0 Å². The summed E-state index contributed by atoms with van der Waals surface area (Å²) in [4.78, 5) is 0. The lowest BCUT2D eigenvalue weighted by molar-refractivity contribution is 0.558. The first-order valence-corrected chi connectivity index (χ1v) is 4.61. The van der Waals surface area contributed by atoms with Crippen LogP contribution < -0.4 is 5.32 Å². The van der Waals surface area contributed by atoms with E-state index in [4.69, 9.17) is 0 Å². The summed E-state index contributed by atoms with van der Waals surface area (Å²) in [5.41, 5.74) is 0. The summed E-state index contributed by atoms with van der Waals surface area (Å²) in [6.45, 7) is 8.41. The first kappa shape index (κ1) is 10.1. The van der Waals surface area contributed by atoms with Gasteiger partial charge in [0.25, 0.3) is 7.41 Å². The van der Waals surface area contributed by atoms with E-state index in [9.17, 15) is 0 Å². The van der Waals surface area contributed by atoms with Crippen molar-refractivity contribution in [2.75, 3.05) is 5.32 Å². The fourth-order valence-corrected chi connectivity index (χ4v) is 0.869. The SMILES string of the molecule is C[B]n1cc(NC(C)C(C)C)nn1. The largest absolute Gasteiger partial charge is 0.365 e. The molecule has 0 amide bonds. The summed E-state index contributed by atoms with van der Waals surface area (Å²) in [5.74, 6) is 1.43. The Balaban J connectivity index is 2.53. The molecule has 5 heteroatoms. The number of anilines is 1. The minimum atomic E-state index is 0.419. The Morgan fingerprint density at radius 3 is 2.62 bits per heavy atom. The Bertz CT molecular complexity index is 258. The Morgan fingerprint density at radius 2 is 2.15 bits per heavy atom. The standard InChI is InChI=1S/C8H16BN4/c1-6(2)7(3)10-8-5-13(9-4)12-11-8/h5-7,10H,1-4H3. The molecule has 0 saturated carbocycles. The van der Waals surface area contributed by atoms with Gasteiger partial charge >= 0.3 is 0 Å². The van der Waals surface area contributed by atoms with Crippen molar-refractivity contribution >= 4 is 13.2 Å². The lowest BCUT2D eigenvalue weighted by atomic mass is 10.0. The van der Waals surface area contributed by atoms with Gasteiger partial charge < -0.3 is 9.91 Å². The molecule has 4 nitrogen and oxygen atoms in total. The highest BCUT2D eigenvalue weighted by Gasteiger charge is 2.08. The van der Waals surface area contributed by atoms with E-state index in [0.717, 1.165) is 5.82 Å². The van der Waals surface area contributed by atoms with Crippen molar-refractivity contribution in [3.63, 3.8) is 0 Å². The third kappa shape index (κ3) is 2.75. The predicted molar refractivity (Wildman–Crippen MR) is 55.0 cm³/mol. The Labute approximate surface area is 80.0 Å². The number of aromatic nitrogens is 3. The molecule has 0 spiro atoms. The average molecular weight is 179 g/mol. The van der Waals surface area contributed by atoms with E-state index in [1.165, 1.54) is 0 Å². The molecular formula is C8H16BN4. The van der Waals surface area contributed by atoms with Crippen LogP contribution in [0.15, 0.2) is 6.20 Å². The topological polar surface area (TPSA) is 42.7 Å². The van der Waals surface area contributed by atoms with E-state index < -0.39 is 0 Å². The van der Waals surface area contributed by atoms with Crippen molar-refractivity contribution in [2.24, 2.45) is 5.92 Å². The molecule has 0 fully saturated rings. The Kier molecular flexibility index (Phi) is 3.34. The van der Waals surface area contributed by atoms with Crippen LogP contribution in [0.3, 0.4) is 0 Å². The molecule has 0 aliphatic rings. The van der Waals surface area contributed by atoms with Crippen LogP contribution in [-0.4, -0.2) is 28.4 Å². The van der Waals surface area contributed by atoms with E-state index in [0.29, 0.717) is 12.0 Å². The molecule has 0 aliphatic carbocycles. The number of nitrogens with zero attached hydrogens (tertiary/aromatic N) is 3. The Morgan fingerprint density at radius 1 is 1.46 bits per heavy atom. The molecule has 1 heterocycles. The zero-order chi connectivity index (χ0) is 9.84. The first-order chi connectivity index (χ1) is 6.13. The molecule has 0 aliphatic heterocycles. The number of rotatable bonds is 4. The normalized spacial score (nSPS) is 13.0. The van der Waals surface area contributed by atoms with Gasteiger partial charge in [0.1, 0.15) is 0 Å². The third-order valence-corrected chi connectivity index (χ3v) is 2.15. The lowest BCUT2D eigenvalue weighted by Gasteiger charge is -2.15. The molecular weight excluding hydrogens is 163 g/mol. The third-order valence-electron chi connectivity index (χ3n) is 2.15. The van der Waals surface area contributed by atoms with Crippen molar-refractivity contribution < 1.29 is 0 Å². The number of hydrogen-bond donors (Lipinski definition) is 1. The molecule has 1 rings (SSSR count). The maximum atomic E-state index is 3.98. The van der Waals surface area contributed by atoms with Gasteiger partial charge in [-0.3, -0.25) is 0 Å². The predicted octanol–water partition coefficient (Wildman–Crippen LogP) is 1.25. The summed E-state index contributed by atoms with van der Waals surface area (Å²) in [7, 11) is 1.86. The van der Waals surface area contributed by atoms with E-state index in [1.807, 2.05) is 20.4 Å². The van der Waals surface area contributed by atoms with Crippen LogP contribution in [0, 0.1) is 5.92 Å². The molecule has 1 unspecified atom stereocenters. The second kappa shape index (κ2) is 4.30. The van der Waals surface area contributed by atoms with Crippen molar-refractivity contribution in [1.82, 2.24) is 14.9 Å². The summed E-state index contributed by atoms with van der Waals surface area (Å²) >= 11 is 0. The average Bonchev–Trinajstić information content (AvgIpc) is 2.52. The van der Waals surface area contributed by atoms with Crippen LogP contribution in [0.5, 0.6) is 0 Å². The molecule has 1 N–H and O–H groups in total. The number of nitrogens with one attached hydrogen (secondary N) is 1. The van der Waals surface area contributed by atoms with Gasteiger partial charge in [0.05, 0.1) is 6.20 Å². The van der Waals surface area contributed by atoms with E-state index in [2.05, 4.69) is 36.4 Å². The van der Waals surface area contributed by atoms with Crippen molar-refractivity contribution in [3.05, 3.63) is 6.20 Å². The highest BCUT2D eigenvalue weighted by molar-refractivity contribution is 6.30. The minimum Gasteiger partial charge on any atom is -0.365 e. The summed E-state index contributed by atoms with van der Waals surface area (Å²) in [6, 6.07) is 0.419. The lowest BCUT2D eigenvalue weighted by Crippen LogP contribution is -2.21. The van der Waals surface area contributed by atoms with Crippen molar-refractivity contribution in [3.8, 4) is 0 Å². The van der Waals surface area contributed by atoms with Crippen LogP contribution >= 0.6 is 0 Å². The van der Waals surface area contributed by atoms with Gasteiger partial charge in [-0.05, 0) is 12.8 Å². The molecule has 1 radical (unpaired) electrons. The Hall–Kier alpha value is -0.995. The highest BCUT2D eigenvalue weighted by Crippen LogP contribution is 2.07. The summed E-state index contributed by atoms with van der Waals surface area (Å²) in [5, 5.41) is 11.2. The second-order valence-corrected chi connectivity index (χ2v) is 3.52. The van der Waals surface area contributed by atoms with Crippen LogP contribution in [0.2, 0.25) is 6.82 Å². The smallest absolute Gasteiger partial charge is 0.278 e. The summed E-state index contributed by atoms with van der Waals surface area (Å²) < 4.78 is 1.69. The van der Waals surface area contributed by atoms with Gasteiger partial charge in [-0.1, -0.05) is 25.9 Å². The molecule has 0 saturated heterocycles. The van der Waals surface area contributed by atoms with Gasteiger partial charge in [0.2, 0.25) is 0 Å². The maximum Gasteiger partial charge on any atom is 0.278 e. The van der Waals surface area contributed by atoms with E-state index in [1.54, 1.807) is 4.59 Å². The summed E-state index contributed by atoms with van der Waals surface area (Å²) in [6.07, 6.45) is 1.87. The van der Waals surface area contributed by atoms with Crippen molar-refractivity contribution in [1.29, 1.82) is 0 Å². The maximum absolute atomic E-state index is 3.98. The van der Waals surface area contributed by atoms with Gasteiger partial charge in [0.15, 0.2) is 5.82 Å². The zero-order valence-electron chi connectivity index (χ0n) is 8.65. The van der Waals surface area contributed by atoms with E-state index in [-0.39, 0.29) is 0 Å². The molecule has 0 aromatic carbocycles. The molecule has 1 aromatic heterocycles. The van der Waals surface area contributed by atoms with Gasteiger partial charge in [-0.15, -0.1) is 5.10 Å². The fraction of sp³-hybridized carbons (Fsp3) is 0.750. The quantitative estimate of drug-likeness (QED) is 0.707. The van der Waals surface area contributed by atoms with Crippen molar-refractivity contribution in [2.45, 2.75) is 33.6 Å². The second-order valence-electron chi connectivity index (χ2n) is 3.52. The van der Waals surface area contributed by atoms with Crippen LogP contribution in [0.4, 0.5) is 5.82 Å². The van der Waals surface area contributed by atoms with Gasteiger partial charge in [0, 0.05) is 6.04 Å². The van der Waals surface area contributed by atoms with Crippen LogP contribution in [0.1, 0.15) is 20.8 Å². The molecule has 1 atom stereocenters. The molecule has 0 bridgehead atoms. The monoisotopic (exact) mass is 179 g/mol. The fourth-order valence-electron chi connectivity index (χ4n) is 0.869. The zero-order valence-corrected chi connectivity index (χ0v) is 8.65. The molecule has 13 heavy (non-hydrogen) atoms. The molecule has 71 valence electrons. The molecule has 1 aromatic rings. The van der Waals surface area contributed by atoms with Crippen LogP contribution in [-0.2, 0) is 0 Å². The van der Waals surface area contributed by atoms with Gasteiger partial charge in [-0.2, -0.15) is 0 Å². The van der Waals surface area contributed by atoms with Crippen LogP contribution in [0.25, 0.3) is 0 Å². The minimum absolute atomic E-state index is 0.419. The number of hydrogen-bond acceptors (Lipinski definition) is 3.